The van der Waals surface area contributed by atoms with Crippen LogP contribution in [0.5, 0.6) is 0 Å². The molecule has 0 aliphatic carbocycles. The van der Waals surface area contributed by atoms with Crippen LogP contribution in [0.1, 0.15) is 6.42 Å². The molecule has 0 aliphatic heterocycles. The maximum absolute atomic E-state index is 5.24. The fourth-order valence-corrected chi connectivity index (χ4v) is 0.382. The number of hydrogen-bond acceptors (Lipinski definition) is 2. The van der Waals surface area contributed by atoms with Crippen LogP contribution in [0.15, 0.2) is 12.3 Å². The van der Waals surface area contributed by atoms with Crippen molar-refractivity contribution in [3.63, 3.8) is 0 Å². The number of nitrogens with zero attached hydrogens (tertiary/aromatic N) is 1. The Labute approximate surface area is 51.0 Å². The van der Waals surface area contributed by atoms with Crippen LogP contribution in [0.2, 0.25) is 0 Å². The summed E-state index contributed by atoms with van der Waals surface area (Å²) >= 11 is 0. The van der Waals surface area contributed by atoms with Gasteiger partial charge in [0.25, 0.3) is 0 Å². The molecule has 0 saturated heterocycles. The van der Waals surface area contributed by atoms with E-state index in [0.29, 0.717) is 0 Å². The van der Waals surface area contributed by atoms with Gasteiger partial charge < -0.3 is 10.6 Å². The average Bonchev–Trinajstić information content (AvgIpc) is 1.66. The average molecular weight is 114 g/mol. The van der Waals surface area contributed by atoms with Crippen LogP contribution in [0.4, 0.5) is 0 Å². The molecule has 2 nitrogen and oxygen atoms in total. The first kappa shape index (κ1) is 7.50. The number of rotatable bonds is 3. The van der Waals surface area contributed by atoms with Gasteiger partial charge in [0, 0.05) is 14.1 Å². The summed E-state index contributed by atoms with van der Waals surface area (Å²) in [4.78, 5) is 2.00. The van der Waals surface area contributed by atoms with Gasteiger partial charge in [0.15, 0.2) is 0 Å². The lowest BCUT2D eigenvalue weighted by Crippen LogP contribution is -2.01. The van der Waals surface area contributed by atoms with E-state index in [1.165, 1.54) is 0 Å². The van der Waals surface area contributed by atoms with Gasteiger partial charge in [-0.1, -0.05) is 6.08 Å². The first-order valence-corrected chi connectivity index (χ1v) is 2.80. The second-order valence-electron chi connectivity index (χ2n) is 1.93. The molecule has 0 amide bonds. The second-order valence-corrected chi connectivity index (χ2v) is 1.93. The Hall–Kier alpha value is -0.500. The molecule has 8 heavy (non-hydrogen) atoms. The van der Waals surface area contributed by atoms with Crippen molar-refractivity contribution < 1.29 is 0 Å². The van der Waals surface area contributed by atoms with E-state index in [-0.39, 0.29) is 0 Å². The van der Waals surface area contributed by atoms with Gasteiger partial charge in [0.05, 0.1) is 0 Å². The molecule has 0 heterocycles. The lowest BCUT2D eigenvalue weighted by molar-refractivity contribution is 0.561. The molecule has 0 spiro atoms. The van der Waals surface area contributed by atoms with Crippen LogP contribution < -0.4 is 5.73 Å². The Kier molecular flexibility index (Phi) is 4.36. The highest BCUT2D eigenvalue weighted by molar-refractivity contribution is 4.78. The van der Waals surface area contributed by atoms with Crippen molar-refractivity contribution in [3.05, 3.63) is 12.3 Å². The van der Waals surface area contributed by atoms with E-state index in [4.69, 9.17) is 5.73 Å². The van der Waals surface area contributed by atoms with Gasteiger partial charge in [-0.15, -0.1) is 0 Å². The summed E-state index contributed by atoms with van der Waals surface area (Å²) in [6.45, 7) is 0.740. The number of hydrogen-bond donors (Lipinski definition) is 1. The van der Waals surface area contributed by atoms with Gasteiger partial charge in [-0.2, -0.15) is 0 Å². The molecule has 0 aromatic rings. The topological polar surface area (TPSA) is 29.3 Å². The normalized spacial score (nSPS) is 10.4. The van der Waals surface area contributed by atoms with E-state index < -0.39 is 0 Å². The van der Waals surface area contributed by atoms with E-state index in [1.54, 1.807) is 0 Å². The zero-order valence-corrected chi connectivity index (χ0v) is 5.59. The van der Waals surface area contributed by atoms with Gasteiger partial charge in [-0.3, -0.25) is 0 Å². The summed E-state index contributed by atoms with van der Waals surface area (Å²) in [5.41, 5.74) is 5.24. The van der Waals surface area contributed by atoms with Crippen LogP contribution in [-0.2, 0) is 0 Å². The third-order valence-corrected chi connectivity index (χ3v) is 0.737. The Morgan fingerprint density at radius 3 is 2.50 bits per heavy atom. The Morgan fingerprint density at radius 1 is 1.50 bits per heavy atom. The molecule has 0 bridgehead atoms. The molecule has 48 valence electrons. The Balaban J connectivity index is 3.07. The molecule has 0 fully saturated rings. The second kappa shape index (κ2) is 4.65. The SMILES string of the molecule is CN(C)/C=C/CCN. The lowest BCUT2D eigenvalue weighted by atomic mass is 10.4. The molecule has 0 unspecified atom stereocenters. The zero-order valence-electron chi connectivity index (χ0n) is 5.59. The summed E-state index contributed by atoms with van der Waals surface area (Å²) < 4.78 is 0. The molecule has 0 aromatic heterocycles. The minimum absolute atomic E-state index is 0.740. The van der Waals surface area contributed by atoms with Gasteiger partial charge in [-0.05, 0) is 19.2 Å². The van der Waals surface area contributed by atoms with Gasteiger partial charge in [-0.25, -0.2) is 0 Å². The molecular weight excluding hydrogens is 100 g/mol. The molecule has 0 radical (unpaired) electrons. The summed E-state index contributed by atoms with van der Waals surface area (Å²) in [6.07, 6.45) is 5.03. The minimum atomic E-state index is 0.740. The maximum atomic E-state index is 5.24. The Morgan fingerprint density at radius 2 is 2.12 bits per heavy atom. The molecule has 2 N–H and O–H groups in total. The zero-order chi connectivity index (χ0) is 6.41. The summed E-state index contributed by atoms with van der Waals surface area (Å²) in [7, 11) is 3.99. The maximum Gasteiger partial charge on any atom is 0.00555 e. The van der Waals surface area contributed by atoms with E-state index >= 15 is 0 Å². The van der Waals surface area contributed by atoms with Crippen molar-refractivity contribution >= 4 is 0 Å². The third kappa shape index (κ3) is 5.50. The van der Waals surface area contributed by atoms with Crippen molar-refractivity contribution in [2.45, 2.75) is 6.42 Å². The molecular formula is C6H14N2. The van der Waals surface area contributed by atoms with Gasteiger partial charge in [0.2, 0.25) is 0 Å². The Bertz CT molecular complexity index is 66.9. The molecule has 0 aliphatic rings. The highest BCUT2D eigenvalue weighted by atomic mass is 15.0. The smallest absolute Gasteiger partial charge is 0.00555 e. The van der Waals surface area contributed by atoms with E-state index in [0.717, 1.165) is 13.0 Å². The first-order valence-electron chi connectivity index (χ1n) is 2.80. The third-order valence-electron chi connectivity index (χ3n) is 0.737. The summed E-state index contributed by atoms with van der Waals surface area (Å²) in [5.74, 6) is 0. The quantitative estimate of drug-likeness (QED) is 0.576. The predicted molar refractivity (Wildman–Crippen MR) is 36.5 cm³/mol. The fraction of sp³-hybridized carbons (Fsp3) is 0.667. The van der Waals surface area contributed by atoms with Crippen molar-refractivity contribution in [2.75, 3.05) is 20.6 Å². The van der Waals surface area contributed by atoms with Gasteiger partial charge >= 0.3 is 0 Å². The highest BCUT2D eigenvalue weighted by Crippen LogP contribution is 1.80. The van der Waals surface area contributed by atoms with Gasteiger partial charge in [0.1, 0.15) is 0 Å². The first-order chi connectivity index (χ1) is 3.77. The summed E-state index contributed by atoms with van der Waals surface area (Å²) in [5, 5.41) is 0. The molecule has 0 saturated carbocycles. The van der Waals surface area contributed by atoms with Crippen molar-refractivity contribution in [1.82, 2.24) is 4.90 Å². The van der Waals surface area contributed by atoms with Crippen LogP contribution >= 0.6 is 0 Å². The predicted octanol–water partition coefficient (Wildman–Crippen LogP) is 0.410. The minimum Gasteiger partial charge on any atom is -0.384 e. The monoisotopic (exact) mass is 114 g/mol. The molecule has 0 atom stereocenters. The van der Waals surface area contributed by atoms with Crippen LogP contribution in [0.25, 0.3) is 0 Å². The van der Waals surface area contributed by atoms with Crippen molar-refractivity contribution in [1.29, 1.82) is 0 Å². The van der Waals surface area contributed by atoms with Crippen LogP contribution in [0.3, 0.4) is 0 Å². The highest BCUT2D eigenvalue weighted by Gasteiger charge is 1.73. The number of nitrogens with two attached hydrogens (primary N) is 1. The molecule has 2 heteroatoms. The van der Waals surface area contributed by atoms with E-state index in [9.17, 15) is 0 Å². The standard InChI is InChI=1S/C6H14N2/c1-8(2)6-4-3-5-7/h4,6H,3,5,7H2,1-2H3/b6-4+. The van der Waals surface area contributed by atoms with Crippen LogP contribution in [0, 0.1) is 0 Å². The van der Waals surface area contributed by atoms with Crippen molar-refractivity contribution in [2.24, 2.45) is 5.73 Å². The summed E-state index contributed by atoms with van der Waals surface area (Å²) in [6, 6.07) is 0. The van der Waals surface area contributed by atoms with E-state index in [1.807, 2.05) is 25.2 Å². The fourth-order valence-electron chi connectivity index (χ4n) is 0.382. The van der Waals surface area contributed by atoms with E-state index in [2.05, 4.69) is 6.08 Å². The lowest BCUT2D eigenvalue weighted by Gasteiger charge is -2.01. The molecule has 0 aromatic carbocycles. The largest absolute Gasteiger partial charge is 0.384 e. The van der Waals surface area contributed by atoms with Crippen molar-refractivity contribution in [3.8, 4) is 0 Å². The van der Waals surface area contributed by atoms with Crippen LogP contribution in [-0.4, -0.2) is 25.5 Å². The molecule has 0 rings (SSSR count).